The molecule has 2 aliphatic rings. The Bertz CT molecular complexity index is 1060. The summed E-state index contributed by atoms with van der Waals surface area (Å²) in [5.74, 6) is 1.43. The quantitative estimate of drug-likeness (QED) is 0.569. The molecule has 158 valence electrons. The summed E-state index contributed by atoms with van der Waals surface area (Å²) >= 11 is 0. The number of piperazine rings is 1. The third kappa shape index (κ3) is 3.43. The second kappa shape index (κ2) is 7.71. The van der Waals surface area contributed by atoms with Gasteiger partial charge >= 0.3 is 6.01 Å². The van der Waals surface area contributed by atoms with E-state index in [1.807, 2.05) is 6.20 Å². The standard InChI is InChI=1S/C21H28N8O/c1-3-4-5-30-21-26-18(22)20-25-11-17(29(20)27-21)7-14-6-13(2)19(24-9-14)28-12-15-8-16(28)10-23-15/h6,9,11,15-16,23H,3-5,7-8,10,12H2,1-2H3,(H2,22,26,27)/t15-,16-/m1/s1. The van der Waals surface area contributed by atoms with Crippen LogP contribution in [0.15, 0.2) is 18.5 Å². The first kappa shape index (κ1) is 19.0. The Balaban J connectivity index is 1.38. The lowest BCUT2D eigenvalue weighted by atomic mass is 10.1. The Morgan fingerprint density at radius 3 is 2.93 bits per heavy atom. The van der Waals surface area contributed by atoms with Crippen LogP contribution < -0.4 is 20.7 Å². The zero-order valence-electron chi connectivity index (χ0n) is 17.5. The molecule has 0 unspecified atom stereocenters. The van der Waals surface area contributed by atoms with Crippen molar-refractivity contribution in [2.24, 2.45) is 0 Å². The molecule has 9 nitrogen and oxygen atoms in total. The van der Waals surface area contributed by atoms with E-state index in [2.05, 4.69) is 45.2 Å². The Labute approximate surface area is 175 Å². The number of imidazole rings is 1. The molecule has 9 heteroatoms. The number of hydrogen-bond acceptors (Lipinski definition) is 8. The van der Waals surface area contributed by atoms with Gasteiger partial charge in [0.05, 0.1) is 18.5 Å². The van der Waals surface area contributed by atoms with Gasteiger partial charge < -0.3 is 20.7 Å². The molecule has 2 fully saturated rings. The van der Waals surface area contributed by atoms with Gasteiger partial charge in [-0.15, -0.1) is 5.10 Å². The average Bonchev–Trinajstić information content (AvgIpc) is 3.45. The van der Waals surface area contributed by atoms with E-state index in [9.17, 15) is 0 Å². The van der Waals surface area contributed by atoms with Gasteiger partial charge in [-0.05, 0) is 30.9 Å². The van der Waals surface area contributed by atoms with Crippen molar-refractivity contribution < 1.29 is 4.74 Å². The summed E-state index contributed by atoms with van der Waals surface area (Å²) in [6.45, 7) is 6.92. The van der Waals surface area contributed by atoms with E-state index in [0.717, 1.165) is 43.0 Å². The molecule has 0 aromatic carbocycles. The minimum Gasteiger partial charge on any atom is -0.462 e. The first-order valence-electron chi connectivity index (χ1n) is 10.7. The average molecular weight is 409 g/mol. The molecule has 3 aromatic rings. The van der Waals surface area contributed by atoms with Crippen LogP contribution in [0.1, 0.15) is 43.0 Å². The number of nitrogens with one attached hydrogen (secondary N) is 1. The lowest BCUT2D eigenvalue weighted by molar-refractivity contribution is 0.280. The summed E-state index contributed by atoms with van der Waals surface area (Å²) in [6, 6.07) is 3.67. The molecule has 3 N–H and O–H groups in total. The molecular weight excluding hydrogens is 380 g/mol. The number of ether oxygens (including phenoxy) is 1. The summed E-state index contributed by atoms with van der Waals surface area (Å²) in [5, 5.41) is 8.04. The highest BCUT2D eigenvalue weighted by atomic mass is 16.5. The maximum atomic E-state index is 6.07. The van der Waals surface area contributed by atoms with Crippen LogP contribution in [0.25, 0.3) is 5.65 Å². The number of anilines is 2. The van der Waals surface area contributed by atoms with Gasteiger partial charge in [-0.2, -0.15) is 4.98 Å². The number of aromatic nitrogens is 5. The van der Waals surface area contributed by atoms with Crippen LogP contribution in [0.3, 0.4) is 0 Å². The number of nitrogens with two attached hydrogens (primary N) is 1. The Morgan fingerprint density at radius 1 is 1.30 bits per heavy atom. The minimum absolute atomic E-state index is 0.287. The van der Waals surface area contributed by atoms with Crippen molar-refractivity contribution in [2.75, 3.05) is 30.3 Å². The first-order chi connectivity index (χ1) is 14.6. The van der Waals surface area contributed by atoms with Crippen LogP contribution in [0, 0.1) is 6.92 Å². The largest absolute Gasteiger partial charge is 0.462 e. The highest BCUT2D eigenvalue weighted by molar-refractivity contribution is 5.60. The number of unbranched alkanes of at least 4 members (excludes halogenated alkanes) is 1. The van der Waals surface area contributed by atoms with E-state index in [-0.39, 0.29) is 6.01 Å². The number of nitrogen functional groups attached to an aromatic ring is 1. The molecule has 0 amide bonds. The third-order valence-corrected chi connectivity index (χ3v) is 5.99. The molecule has 2 aliphatic heterocycles. The third-order valence-electron chi connectivity index (χ3n) is 5.99. The van der Waals surface area contributed by atoms with E-state index in [0.29, 0.717) is 36.6 Å². The molecule has 0 aliphatic carbocycles. The fourth-order valence-electron chi connectivity index (χ4n) is 4.47. The summed E-state index contributed by atoms with van der Waals surface area (Å²) in [5.41, 5.74) is 9.87. The van der Waals surface area contributed by atoms with Gasteiger partial charge in [-0.3, -0.25) is 0 Å². The summed E-state index contributed by atoms with van der Waals surface area (Å²) < 4.78 is 7.39. The fourth-order valence-corrected chi connectivity index (χ4v) is 4.47. The topological polar surface area (TPSA) is 106 Å². The lowest BCUT2D eigenvalue weighted by Crippen LogP contribution is -2.44. The number of aryl methyl sites for hydroxylation is 1. The molecule has 30 heavy (non-hydrogen) atoms. The number of fused-ring (bicyclic) bond motifs is 3. The van der Waals surface area contributed by atoms with Crippen LogP contribution in [-0.2, 0) is 6.42 Å². The van der Waals surface area contributed by atoms with Gasteiger partial charge in [0.1, 0.15) is 5.82 Å². The molecule has 5 heterocycles. The Kier molecular flexibility index (Phi) is 4.90. The maximum Gasteiger partial charge on any atom is 0.336 e. The van der Waals surface area contributed by atoms with Gasteiger partial charge in [0, 0.05) is 37.8 Å². The molecule has 3 aromatic heterocycles. The summed E-state index contributed by atoms with van der Waals surface area (Å²) in [7, 11) is 0. The second-order valence-corrected chi connectivity index (χ2v) is 8.27. The van der Waals surface area contributed by atoms with Gasteiger partial charge in [0.25, 0.3) is 0 Å². The first-order valence-corrected chi connectivity index (χ1v) is 10.7. The van der Waals surface area contributed by atoms with Crippen molar-refractivity contribution >= 4 is 17.3 Å². The molecule has 0 radical (unpaired) electrons. The second-order valence-electron chi connectivity index (χ2n) is 8.27. The Morgan fingerprint density at radius 2 is 2.20 bits per heavy atom. The normalized spacial score (nSPS) is 20.4. The SMILES string of the molecule is CCCCOc1nc(N)c2ncc(Cc3cnc(N4C[C@H]5C[C@@H]4CN5)c(C)c3)n2n1. The van der Waals surface area contributed by atoms with Gasteiger partial charge in [-0.25, -0.2) is 14.5 Å². The molecule has 2 atom stereocenters. The zero-order chi connectivity index (χ0) is 20.7. The van der Waals surface area contributed by atoms with Crippen molar-refractivity contribution in [1.29, 1.82) is 0 Å². The zero-order valence-corrected chi connectivity index (χ0v) is 17.5. The van der Waals surface area contributed by atoms with Crippen molar-refractivity contribution in [3.05, 3.63) is 35.3 Å². The smallest absolute Gasteiger partial charge is 0.336 e. The van der Waals surface area contributed by atoms with E-state index >= 15 is 0 Å². The molecule has 5 rings (SSSR count). The summed E-state index contributed by atoms with van der Waals surface area (Å²) in [4.78, 5) is 15.9. The highest BCUT2D eigenvalue weighted by Gasteiger charge is 2.38. The van der Waals surface area contributed by atoms with Crippen molar-refractivity contribution in [3.63, 3.8) is 0 Å². The predicted octanol–water partition coefficient (Wildman–Crippen LogP) is 1.73. The number of hydrogen-bond donors (Lipinski definition) is 2. The van der Waals surface area contributed by atoms with Crippen LogP contribution in [0.2, 0.25) is 0 Å². The van der Waals surface area contributed by atoms with Gasteiger partial charge in [-0.1, -0.05) is 19.4 Å². The Hall–Kier alpha value is -2.94. The summed E-state index contributed by atoms with van der Waals surface area (Å²) in [6.07, 6.45) is 7.63. The molecule has 0 spiro atoms. The molecular formula is C21H28N8O. The van der Waals surface area contributed by atoms with Crippen LogP contribution in [0.5, 0.6) is 6.01 Å². The number of nitrogens with zero attached hydrogens (tertiary/aromatic N) is 6. The minimum atomic E-state index is 0.287. The number of pyridine rings is 1. The molecule has 2 saturated heterocycles. The van der Waals surface area contributed by atoms with Crippen molar-refractivity contribution in [2.45, 2.75) is 51.6 Å². The van der Waals surface area contributed by atoms with Gasteiger partial charge in [0.15, 0.2) is 11.5 Å². The van der Waals surface area contributed by atoms with E-state index in [4.69, 9.17) is 15.5 Å². The van der Waals surface area contributed by atoms with E-state index in [1.54, 1.807) is 10.7 Å². The van der Waals surface area contributed by atoms with Crippen molar-refractivity contribution in [3.8, 4) is 6.01 Å². The van der Waals surface area contributed by atoms with Crippen LogP contribution in [-0.4, -0.2) is 56.3 Å². The molecule has 0 saturated carbocycles. The van der Waals surface area contributed by atoms with E-state index in [1.165, 1.54) is 12.0 Å². The van der Waals surface area contributed by atoms with Crippen LogP contribution in [0.4, 0.5) is 11.6 Å². The number of rotatable bonds is 7. The van der Waals surface area contributed by atoms with Gasteiger partial charge in [0.2, 0.25) is 0 Å². The maximum absolute atomic E-state index is 6.07. The van der Waals surface area contributed by atoms with Crippen molar-refractivity contribution in [1.82, 2.24) is 29.9 Å². The monoisotopic (exact) mass is 408 g/mol. The highest BCUT2D eigenvalue weighted by Crippen LogP contribution is 2.30. The van der Waals surface area contributed by atoms with E-state index < -0.39 is 0 Å². The lowest BCUT2D eigenvalue weighted by Gasteiger charge is -2.29. The molecule has 2 bridgehead atoms. The van der Waals surface area contributed by atoms with Crippen LogP contribution >= 0.6 is 0 Å². The predicted molar refractivity (Wildman–Crippen MR) is 115 cm³/mol. The fraction of sp³-hybridized carbons (Fsp3) is 0.524.